The molecule has 0 aliphatic carbocycles. The van der Waals surface area contributed by atoms with Gasteiger partial charge in [0, 0.05) is 13.1 Å². The van der Waals surface area contributed by atoms with Gasteiger partial charge in [-0.1, -0.05) is 13.8 Å². The summed E-state index contributed by atoms with van der Waals surface area (Å²) in [6.45, 7) is 6.60. The third kappa shape index (κ3) is 3.42. The number of nitrogens with zero attached hydrogens (tertiary/aromatic N) is 2. The van der Waals surface area contributed by atoms with E-state index in [4.69, 9.17) is 16.0 Å². The first-order chi connectivity index (χ1) is 7.04. The van der Waals surface area contributed by atoms with Crippen molar-refractivity contribution in [3.05, 3.63) is 12.0 Å². The second-order valence-corrected chi connectivity index (χ2v) is 4.61. The minimum Gasteiger partial charge on any atom is -0.432 e. The van der Waals surface area contributed by atoms with E-state index in [1.54, 1.807) is 6.26 Å². The van der Waals surface area contributed by atoms with Gasteiger partial charge in [-0.15, -0.1) is 11.6 Å². The van der Waals surface area contributed by atoms with Gasteiger partial charge in [0.25, 0.3) is 6.01 Å². The zero-order valence-electron chi connectivity index (χ0n) is 9.83. The van der Waals surface area contributed by atoms with Crippen molar-refractivity contribution in [3.8, 4) is 0 Å². The van der Waals surface area contributed by atoms with E-state index in [1.165, 1.54) is 0 Å². The fraction of sp³-hybridized carbons (Fsp3) is 0.727. The highest BCUT2D eigenvalue weighted by atomic mass is 35.5. The quantitative estimate of drug-likeness (QED) is 0.727. The number of halogens is 1. The Balaban J connectivity index is 2.62. The van der Waals surface area contributed by atoms with Crippen LogP contribution in [0.15, 0.2) is 10.7 Å². The van der Waals surface area contributed by atoms with Crippen LogP contribution < -0.4 is 4.90 Å². The number of rotatable bonds is 5. The predicted octanol–water partition coefficient (Wildman–Crippen LogP) is 3.28. The lowest BCUT2D eigenvalue weighted by Crippen LogP contribution is -2.30. The Hall–Kier alpha value is -0.700. The maximum absolute atomic E-state index is 5.67. The fourth-order valence-corrected chi connectivity index (χ4v) is 1.67. The maximum atomic E-state index is 5.67. The molecule has 0 aliphatic heterocycles. The molecule has 1 aromatic heterocycles. The molecule has 15 heavy (non-hydrogen) atoms. The average molecular weight is 231 g/mol. The molecular weight excluding hydrogens is 212 g/mol. The molecule has 1 aromatic rings. The highest BCUT2D eigenvalue weighted by molar-refractivity contribution is 6.16. The molecule has 0 radical (unpaired) electrons. The van der Waals surface area contributed by atoms with E-state index in [9.17, 15) is 0 Å². The van der Waals surface area contributed by atoms with Gasteiger partial charge in [0.05, 0.1) is 11.6 Å². The molecule has 0 fully saturated rings. The number of hydrogen-bond acceptors (Lipinski definition) is 3. The summed E-state index contributed by atoms with van der Waals surface area (Å²) in [6.07, 6.45) is 2.73. The van der Waals surface area contributed by atoms with Gasteiger partial charge in [-0.2, -0.15) is 4.98 Å². The Labute approximate surface area is 96.4 Å². The Bertz CT molecular complexity index is 299. The Morgan fingerprint density at radius 2 is 2.13 bits per heavy atom. The summed E-state index contributed by atoms with van der Waals surface area (Å²) in [7, 11) is 2.00. The van der Waals surface area contributed by atoms with Crippen LogP contribution >= 0.6 is 11.6 Å². The summed E-state index contributed by atoms with van der Waals surface area (Å²) < 4.78 is 5.35. The number of aromatic nitrogens is 1. The lowest BCUT2D eigenvalue weighted by atomic mass is 10.0. The first-order valence-corrected chi connectivity index (χ1v) is 5.81. The highest BCUT2D eigenvalue weighted by Crippen LogP contribution is 2.18. The molecule has 0 saturated carbocycles. The van der Waals surface area contributed by atoms with Crippen molar-refractivity contribution in [3.63, 3.8) is 0 Å². The van der Waals surface area contributed by atoms with Gasteiger partial charge in [-0.3, -0.25) is 0 Å². The van der Waals surface area contributed by atoms with Crippen LogP contribution in [0.1, 0.15) is 32.9 Å². The predicted molar refractivity (Wildman–Crippen MR) is 63.4 cm³/mol. The van der Waals surface area contributed by atoms with Crippen LogP contribution in [0.25, 0.3) is 0 Å². The van der Waals surface area contributed by atoms with Gasteiger partial charge in [-0.05, 0) is 19.3 Å². The van der Waals surface area contributed by atoms with Crippen molar-refractivity contribution < 1.29 is 4.42 Å². The zero-order chi connectivity index (χ0) is 11.4. The van der Waals surface area contributed by atoms with E-state index in [-0.39, 0.29) is 0 Å². The molecule has 1 unspecified atom stereocenters. The van der Waals surface area contributed by atoms with Crippen LogP contribution in [0.3, 0.4) is 0 Å². The third-order valence-corrected chi connectivity index (χ3v) is 2.73. The SMILES string of the molecule is CC(C)CC(C)N(C)c1nc(CCl)co1. The van der Waals surface area contributed by atoms with Crippen LogP contribution in [-0.4, -0.2) is 18.1 Å². The Morgan fingerprint density at radius 1 is 1.47 bits per heavy atom. The Morgan fingerprint density at radius 3 is 2.60 bits per heavy atom. The van der Waals surface area contributed by atoms with Crippen LogP contribution in [0.5, 0.6) is 0 Å². The van der Waals surface area contributed by atoms with Crippen molar-refractivity contribution in [1.29, 1.82) is 0 Å². The van der Waals surface area contributed by atoms with Crippen LogP contribution in [0, 0.1) is 5.92 Å². The molecule has 86 valence electrons. The standard InChI is InChI=1S/C11H19ClN2O/c1-8(2)5-9(3)14(4)11-13-10(6-12)7-15-11/h7-9H,5-6H2,1-4H3. The second kappa shape index (κ2) is 5.40. The second-order valence-electron chi connectivity index (χ2n) is 4.34. The highest BCUT2D eigenvalue weighted by Gasteiger charge is 2.15. The van der Waals surface area contributed by atoms with Crippen molar-refractivity contribution in [2.24, 2.45) is 5.92 Å². The molecule has 0 aliphatic rings. The van der Waals surface area contributed by atoms with Gasteiger partial charge in [-0.25, -0.2) is 0 Å². The number of oxazole rings is 1. The minimum absolute atomic E-state index is 0.399. The van der Waals surface area contributed by atoms with Crippen molar-refractivity contribution >= 4 is 17.6 Å². The van der Waals surface area contributed by atoms with Gasteiger partial charge in [0.15, 0.2) is 0 Å². The number of hydrogen-bond donors (Lipinski definition) is 0. The molecular formula is C11H19ClN2O. The Kier molecular flexibility index (Phi) is 4.45. The summed E-state index contributed by atoms with van der Waals surface area (Å²) in [6, 6.07) is 1.07. The van der Waals surface area contributed by atoms with E-state index < -0.39 is 0 Å². The smallest absolute Gasteiger partial charge is 0.297 e. The molecule has 0 bridgehead atoms. The molecule has 0 aromatic carbocycles. The van der Waals surface area contributed by atoms with Crippen LogP contribution in [-0.2, 0) is 5.88 Å². The minimum atomic E-state index is 0.399. The molecule has 1 heterocycles. The third-order valence-electron chi connectivity index (χ3n) is 2.45. The van der Waals surface area contributed by atoms with Crippen molar-refractivity contribution in [2.45, 2.75) is 39.1 Å². The zero-order valence-corrected chi connectivity index (χ0v) is 10.6. The molecule has 4 heteroatoms. The van der Waals surface area contributed by atoms with E-state index in [0.29, 0.717) is 23.9 Å². The van der Waals surface area contributed by atoms with Gasteiger partial charge < -0.3 is 9.32 Å². The van der Waals surface area contributed by atoms with Crippen LogP contribution in [0.2, 0.25) is 0 Å². The van der Waals surface area contributed by atoms with E-state index >= 15 is 0 Å². The van der Waals surface area contributed by atoms with Crippen LogP contribution in [0.4, 0.5) is 6.01 Å². The monoisotopic (exact) mass is 230 g/mol. The number of alkyl halides is 1. The fourth-order valence-electron chi connectivity index (χ4n) is 1.55. The molecule has 0 amide bonds. The summed E-state index contributed by atoms with van der Waals surface area (Å²) in [5.41, 5.74) is 0.787. The summed E-state index contributed by atoms with van der Waals surface area (Å²) in [5, 5.41) is 0. The topological polar surface area (TPSA) is 29.3 Å². The maximum Gasteiger partial charge on any atom is 0.297 e. The largest absolute Gasteiger partial charge is 0.432 e. The number of anilines is 1. The van der Waals surface area contributed by atoms with Gasteiger partial charge >= 0.3 is 0 Å². The molecule has 0 N–H and O–H groups in total. The summed E-state index contributed by atoms with van der Waals surface area (Å²) >= 11 is 5.67. The first-order valence-electron chi connectivity index (χ1n) is 5.27. The first kappa shape index (κ1) is 12.4. The van der Waals surface area contributed by atoms with Gasteiger partial charge in [0.2, 0.25) is 0 Å². The van der Waals surface area contributed by atoms with E-state index in [2.05, 4.69) is 30.7 Å². The van der Waals surface area contributed by atoms with E-state index in [1.807, 2.05) is 7.05 Å². The normalized spacial score (nSPS) is 13.2. The molecule has 1 rings (SSSR count). The summed E-state index contributed by atoms with van der Waals surface area (Å²) in [4.78, 5) is 6.34. The van der Waals surface area contributed by atoms with Crippen molar-refractivity contribution in [2.75, 3.05) is 11.9 Å². The van der Waals surface area contributed by atoms with E-state index in [0.717, 1.165) is 12.1 Å². The van der Waals surface area contributed by atoms with Crippen molar-refractivity contribution in [1.82, 2.24) is 4.98 Å². The molecule has 0 saturated heterocycles. The molecule has 3 nitrogen and oxygen atoms in total. The lowest BCUT2D eigenvalue weighted by Gasteiger charge is -2.24. The van der Waals surface area contributed by atoms with Gasteiger partial charge in [0.1, 0.15) is 6.26 Å². The molecule has 0 spiro atoms. The lowest BCUT2D eigenvalue weighted by molar-refractivity contribution is 0.465. The summed E-state index contributed by atoms with van der Waals surface area (Å²) in [5.74, 6) is 1.07. The molecule has 1 atom stereocenters. The average Bonchev–Trinajstić information content (AvgIpc) is 2.63.